The Morgan fingerprint density at radius 1 is 1.29 bits per heavy atom. The van der Waals surface area contributed by atoms with Crippen LogP contribution in [-0.4, -0.2) is 33.5 Å². The Balaban J connectivity index is 1.76. The molecule has 28 heavy (non-hydrogen) atoms. The smallest absolute Gasteiger partial charge is 0.303 e. The number of fused-ring (bicyclic) bond motifs is 1. The van der Waals surface area contributed by atoms with E-state index in [0.717, 1.165) is 32.1 Å². The summed E-state index contributed by atoms with van der Waals surface area (Å²) >= 11 is 0. The van der Waals surface area contributed by atoms with Crippen molar-refractivity contribution < 1.29 is 20.1 Å². The maximum atomic E-state index is 10.9. The van der Waals surface area contributed by atoms with Gasteiger partial charge in [0.25, 0.3) is 0 Å². The highest BCUT2D eigenvalue weighted by molar-refractivity contribution is 5.66. The minimum absolute atomic E-state index is 0.0479. The first-order valence-corrected chi connectivity index (χ1v) is 11.2. The average Bonchev–Trinajstić information content (AvgIpc) is 2.70. The lowest BCUT2D eigenvalue weighted by Crippen LogP contribution is -2.58. The normalized spacial score (nSPS) is 38.1. The Hall–Kier alpha value is -1.31. The SMILES string of the molecule is CC[C@]12CC[C@@H](O)[C@H](C#CC(O)C3CCCCC3)[C@H]1C(C)C2=CCCC(=O)O. The van der Waals surface area contributed by atoms with Gasteiger partial charge in [-0.3, -0.25) is 4.79 Å². The van der Waals surface area contributed by atoms with E-state index in [-0.39, 0.29) is 23.7 Å². The Bertz CT molecular complexity index is 651. The van der Waals surface area contributed by atoms with Crippen molar-refractivity contribution in [3.8, 4) is 11.8 Å². The number of hydrogen-bond donors (Lipinski definition) is 3. The van der Waals surface area contributed by atoms with E-state index < -0.39 is 18.2 Å². The molecule has 0 bridgehead atoms. The van der Waals surface area contributed by atoms with Crippen LogP contribution in [-0.2, 0) is 4.79 Å². The fourth-order valence-corrected chi connectivity index (χ4v) is 6.30. The van der Waals surface area contributed by atoms with Gasteiger partial charge in [0.15, 0.2) is 0 Å². The standard InChI is InChI=1S/C24H36O4/c1-3-24-15-14-21(26)18(12-13-20(25)17-8-5-4-6-9-17)23(24)16(2)19(24)10-7-11-22(27)28/h10,16-18,20-21,23,25-26H,3-9,11,14-15H2,1-2H3,(H,27,28)/t16?,18-,20?,21+,23+,24+/m0/s1. The van der Waals surface area contributed by atoms with Crippen LogP contribution < -0.4 is 0 Å². The van der Waals surface area contributed by atoms with E-state index in [4.69, 9.17) is 5.11 Å². The van der Waals surface area contributed by atoms with Crippen molar-refractivity contribution in [2.24, 2.45) is 29.1 Å². The first kappa shape index (κ1) is 21.4. The lowest BCUT2D eigenvalue weighted by atomic mass is 9.42. The third kappa shape index (κ3) is 4.02. The van der Waals surface area contributed by atoms with E-state index in [1.165, 1.54) is 24.8 Å². The Labute approximate surface area is 169 Å². The predicted octanol–water partition coefficient (Wildman–Crippen LogP) is 4.16. The summed E-state index contributed by atoms with van der Waals surface area (Å²) in [7, 11) is 0. The molecule has 0 aromatic rings. The molecule has 6 atom stereocenters. The first-order chi connectivity index (χ1) is 13.4. The summed E-state index contributed by atoms with van der Waals surface area (Å²) in [6, 6.07) is 0. The van der Waals surface area contributed by atoms with Gasteiger partial charge in [-0.2, -0.15) is 0 Å². The largest absolute Gasteiger partial charge is 0.481 e. The molecule has 0 spiro atoms. The zero-order valence-electron chi connectivity index (χ0n) is 17.4. The molecular formula is C24H36O4. The minimum atomic E-state index is -0.759. The van der Waals surface area contributed by atoms with Gasteiger partial charge in [-0.1, -0.05) is 56.6 Å². The van der Waals surface area contributed by atoms with Crippen molar-refractivity contribution in [3.63, 3.8) is 0 Å². The van der Waals surface area contributed by atoms with Gasteiger partial charge in [0.2, 0.25) is 0 Å². The van der Waals surface area contributed by atoms with Gasteiger partial charge >= 0.3 is 5.97 Å². The van der Waals surface area contributed by atoms with E-state index in [1.807, 2.05) is 0 Å². The third-order valence-corrected chi connectivity index (χ3v) is 7.78. The van der Waals surface area contributed by atoms with Gasteiger partial charge in [0.05, 0.1) is 12.0 Å². The number of aliphatic hydroxyl groups excluding tert-OH is 2. The maximum absolute atomic E-state index is 10.9. The van der Waals surface area contributed by atoms with Crippen LogP contribution in [0.5, 0.6) is 0 Å². The van der Waals surface area contributed by atoms with E-state index in [1.54, 1.807) is 0 Å². The van der Waals surface area contributed by atoms with Crippen molar-refractivity contribution in [2.45, 2.75) is 90.3 Å². The Kier molecular flexibility index (Phi) is 6.89. The fourth-order valence-electron chi connectivity index (χ4n) is 6.30. The van der Waals surface area contributed by atoms with Gasteiger partial charge in [0, 0.05) is 6.42 Å². The van der Waals surface area contributed by atoms with Crippen LogP contribution in [0.2, 0.25) is 0 Å². The monoisotopic (exact) mass is 388 g/mol. The summed E-state index contributed by atoms with van der Waals surface area (Å²) in [5, 5.41) is 30.2. The second-order valence-corrected chi connectivity index (χ2v) is 9.18. The van der Waals surface area contributed by atoms with Crippen molar-refractivity contribution in [1.29, 1.82) is 0 Å². The highest BCUT2D eigenvalue weighted by Gasteiger charge is 2.60. The van der Waals surface area contributed by atoms with Crippen LogP contribution in [0.4, 0.5) is 0 Å². The molecule has 3 aliphatic carbocycles. The maximum Gasteiger partial charge on any atom is 0.303 e. The molecule has 3 rings (SSSR count). The zero-order valence-corrected chi connectivity index (χ0v) is 17.4. The van der Waals surface area contributed by atoms with Crippen LogP contribution in [0.25, 0.3) is 0 Å². The number of carboxylic acid groups (broad SMARTS) is 1. The summed E-state index contributed by atoms with van der Waals surface area (Å²) < 4.78 is 0. The molecule has 0 heterocycles. The second-order valence-electron chi connectivity index (χ2n) is 9.18. The molecule has 3 fully saturated rings. The van der Waals surface area contributed by atoms with Crippen molar-refractivity contribution in [3.05, 3.63) is 11.6 Å². The molecule has 156 valence electrons. The van der Waals surface area contributed by atoms with Crippen molar-refractivity contribution in [2.75, 3.05) is 0 Å². The topological polar surface area (TPSA) is 77.8 Å². The summed E-state index contributed by atoms with van der Waals surface area (Å²) in [5.74, 6) is 6.47. The lowest BCUT2D eigenvalue weighted by Gasteiger charge is -2.62. The number of allylic oxidation sites excluding steroid dienone is 2. The van der Waals surface area contributed by atoms with Crippen molar-refractivity contribution in [1.82, 2.24) is 0 Å². The van der Waals surface area contributed by atoms with E-state index in [0.29, 0.717) is 18.3 Å². The molecule has 3 saturated carbocycles. The molecule has 3 aliphatic rings. The molecule has 2 unspecified atom stereocenters. The van der Waals surface area contributed by atoms with Crippen LogP contribution in [0.3, 0.4) is 0 Å². The molecule has 0 aromatic carbocycles. The minimum Gasteiger partial charge on any atom is -0.481 e. The summed E-state index contributed by atoms with van der Waals surface area (Å²) in [4.78, 5) is 10.9. The number of aliphatic hydroxyl groups is 2. The zero-order chi connectivity index (χ0) is 20.3. The van der Waals surface area contributed by atoms with Gasteiger partial charge in [-0.05, 0) is 61.7 Å². The van der Waals surface area contributed by atoms with Crippen LogP contribution in [0, 0.1) is 40.9 Å². The predicted molar refractivity (Wildman–Crippen MR) is 109 cm³/mol. The lowest BCUT2D eigenvalue weighted by molar-refractivity contribution is -0.136. The molecule has 4 heteroatoms. The highest BCUT2D eigenvalue weighted by atomic mass is 16.4. The summed E-state index contributed by atoms with van der Waals surface area (Å²) in [5.41, 5.74) is 1.42. The van der Waals surface area contributed by atoms with Crippen LogP contribution in [0.1, 0.15) is 78.1 Å². The Morgan fingerprint density at radius 3 is 2.64 bits per heavy atom. The van der Waals surface area contributed by atoms with E-state index >= 15 is 0 Å². The molecular weight excluding hydrogens is 352 g/mol. The van der Waals surface area contributed by atoms with Crippen LogP contribution in [0.15, 0.2) is 11.6 Å². The average molecular weight is 389 g/mol. The number of hydrogen-bond acceptors (Lipinski definition) is 3. The van der Waals surface area contributed by atoms with Gasteiger partial charge in [0.1, 0.15) is 6.10 Å². The highest BCUT2D eigenvalue weighted by Crippen LogP contribution is 2.65. The third-order valence-electron chi connectivity index (χ3n) is 7.78. The van der Waals surface area contributed by atoms with E-state index in [2.05, 4.69) is 31.8 Å². The molecule has 0 saturated heterocycles. The first-order valence-electron chi connectivity index (χ1n) is 11.2. The number of carbonyl (C=O) groups is 1. The summed E-state index contributed by atoms with van der Waals surface area (Å²) in [6.45, 7) is 4.39. The van der Waals surface area contributed by atoms with E-state index in [9.17, 15) is 15.0 Å². The number of rotatable bonds is 5. The second kappa shape index (κ2) is 9.01. The molecule has 3 N–H and O–H groups in total. The van der Waals surface area contributed by atoms with Gasteiger partial charge in [-0.15, -0.1) is 0 Å². The summed E-state index contributed by atoms with van der Waals surface area (Å²) in [6.07, 6.45) is 10.3. The molecule has 0 aliphatic heterocycles. The van der Waals surface area contributed by atoms with Crippen molar-refractivity contribution >= 4 is 5.97 Å². The molecule has 0 amide bonds. The van der Waals surface area contributed by atoms with Gasteiger partial charge < -0.3 is 15.3 Å². The fraction of sp³-hybridized carbons (Fsp3) is 0.792. The Morgan fingerprint density at radius 2 is 2.00 bits per heavy atom. The molecule has 0 aromatic heterocycles. The van der Waals surface area contributed by atoms with Crippen LogP contribution >= 0.6 is 0 Å². The quantitative estimate of drug-likeness (QED) is 0.488. The number of aliphatic carboxylic acids is 1. The number of carboxylic acids is 1. The van der Waals surface area contributed by atoms with Gasteiger partial charge in [-0.25, -0.2) is 0 Å². The molecule has 4 nitrogen and oxygen atoms in total. The molecule has 0 radical (unpaired) electrons.